The molecule has 146 valence electrons. The number of hydrogen-bond donors (Lipinski definition) is 3. The lowest BCUT2D eigenvalue weighted by atomic mass is 10.1. The minimum Gasteiger partial charge on any atom is -0.356 e. The number of halogens is 2. The Bertz CT molecular complexity index is 733. The van der Waals surface area contributed by atoms with Crippen molar-refractivity contribution in [3.8, 4) is 0 Å². The highest BCUT2D eigenvalue weighted by molar-refractivity contribution is 14.0. The summed E-state index contributed by atoms with van der Waals surface area (Å²) in [5, 5.41) is 10.1. The van der Waals surface area contributed by atoms with Crippen LogP contribution in [0.4, 0.5) is 0 Å². The number of carbonyl (C=O) groups is 1. The van der Waals surface area contributed by atoms with Crippen molar-refractivity contribution in [1.82, 2.24) is 16.0 Å². The molecule has 1 amide bonds. The fraction of sp³-hybridized carbons (Fsp3) is 0.300. The van der Waals surface area contributed by atoms with E-state index in [1.54, 1.807) is 7.05 Å². The predicted molar refractivity (Wildman–Crippen MR) is 123 cm³/mol. The van der Waals surface area contributed by atoms with Crippen molar-refractivity contribution in [1.29, 1.82) is 0 Å². The Morgan fingerprint density at radius 3 is 2.19 bits per heavy atom. The van der Waals surface area contributed by atoms with Crippen LogP contribution in [0.2, 0.25) is 5.02 Å². The van der Waals surface area contributed by atoms with Gasteiger partial charge in [0, 0.05) is 37.3 Å². The van der Waals surface area contributed by atoms with Gasteiger partial charge in [0.1, 0.15) is 0 Å². The number of amides is 1. The van der Waals surface area contributed by atoms with E-state index in [1.807, 2.05) is 55.5 Å². The van der Waals surface area contributed by atoms with Gasteiger partial charge in [-0.15, -0.1) is 24.0 Å². The average Bonchev–Trinajstić information content (AvgIpc) is 2.66. The molecule has 0 aromatic heterocycles. The summed E-state index contributed by atoms with van der Waals surface area (Å²) in [6.07, 6.45) is 0.888. The van der Waals surface area contributed by atoms with Crippen LogP contribution < -0.4 is 16.0 Å². The van der Waals surface area contributed by atoms with Crippen molar-refractivity contribution < 1.29 is 4.79 Å². The van der Waals surface area contributed by atoms with E-state index < -0.39 is 0 Å². The van der Waals surface area contributed by atoms with Gasteiger partial charge in [-0.1, -0.05) is 35.9 Å². The van der Waals surface area contributed by atoms with Gasteiger partial charge < -0.3 is 16.0 Å². The molecule has 0 unspecified atom stereocenters. The second-order valence-corrected chi connectivity index (χ2v) is 6.22. The summed E-state index contributed by atoms with van der Waals surface area (Å²) in [5.41, 5.74) is 2.97. The van der Waals surface area contributed by atoms with E-state index in [0.29, 0.717) is 18.7 Å². The Kier molecular flexibility index (Phi) is 10.8. The van der Waals surface area contributed by atoms with Crippen LogP contribution in [0.1, 0.15) is 28.4 Å². The Morgan fingerprint density at radius 2 is 1.59 bits per heavy atom. The highest BCUT2D eigenvalue weighted by Gasteiger charge is 2.04. The minimum absolute atomic E-state index is 0. The lowest BCUT2D eigenvalue weighted by Crippen LogP contribution is -2.37. The molecule has 0 aliphatic heterocycles. The third-order valence-electron chi connectivity index (χ3n) is 3.86. The van der Waals surface area contributed by atoms with Crippen LogP contribution in [-0.4, -0.2) is 32.0 Å². The maximum absolute atomic E-state index is 11.8. The van der Waals surface area contributed by atoms with Crippen molar-refractivity contribution in [2.75, 3.05) is 20.1 Å². The number of guanidine groups is 1. The van der Waals surface area contributed by atoms with Gasteiger partial charge in [-0.2, -0.15) is 0 Å². The molecule has 0 saturated carbocycles. The van der Waals surface area contributed by atoms with Gasteiger partial charge in [0.2, 0.25) is 0 Å². The van der Waals surface area contributed by atoms with E-state index in [2.05, 4.69) is 20.9 Å². The standard InChI is InChI=1S/C20H25ClN4O.HI/c1-3-23-19(26)17-8-4-16(5-9-17)14-25-20(22-2)24-13-12-15-6-10-18(21)11-7-15;/h4-11H,3,12-14H2,1-2H3,(H,23,26)(H2,22,24,25);1H. The molecule has 2 rings (SSSR count). The molecule has 3 N–H and O–H groups in total. The number of hydrogen-bond acceptors (Lipinski definition) is 2. The summed E-state index contributed by atoms with van der Waals surface area (Å²) in [4.78, 5) is 16.0. The first-order valence-corrected chi connectivity index (χ1v) is 9.06. The topological polar surface area (TPSA) is 65.5 Å². The van der Waals surface area contributed by atoms with Crippen LogP contribution in [0, 0.1) is 0 Å². The van der Waals surface area contributed by atoms with Crippen molar-refractivity contribution in [2.24, 2.45) is 4.99 Å². The van der Waals surface area contributed by atoms with E-state index >= 15 is 0 Å². The highest BCUT2D eigenvalue weighted by atomic mass is 127. The van der Waals surface area contributed by atoms with Gasteiger partial charge >= 0.3 is 0 Å². The van der Waals surface area contributed by atoms with Crippen LogP contribution in [0.25, 0.3) is 0 Å². The molecule has 0 aliphatic rings. The number of aliphatic imine (C=N–C) groups is 1. The molecule has 5 nitrogen and oxygen atoms in total. The first kappa shape index (κ1) is 23.2. The average molecular weight is 501 g/mol. The number of nitrogens with zero attached hydrogens (tertiary/aromatic N) is 1. The molecule has 7 heteroatoms. The number of nitrogens with one attached hydrogen (secondary N) is 3. The summed E-state index contributed by atoms with van der Waals surface area (Å²) >= 11 is 5.89. The van der Waals surface area contributed by atoms with Crippen molar-refractivity contribution in [3.05, 3.63) is 70.2 Å². The molecule has 0 heterocycles. The third kappa shape index (κ3) is 8.17. The molecule has 27 heavy (non-hydrogen) atoms. The SMILES string of the molecule is CCNC(=O)c1ccc(CNC(=NC)NCCc2ccc(Cl)cc2)cc1.I. The summed E-state index contributed by atoms with van der Waals surface area (Å²) in [5.74, 6) is 0.693. The van der Waals surface area contributed by atoms with Crippen molar-refractivity contribution in [3.63, 3.8) is 0 Å². The van der Waals surface area contributed by atoms with Crippen LogP contribution in [0.3, 0.4) is 0 Å². The molecule has 0 bridgehead atoms. The van der Waals surface area contributed by atoms with E-state index in [4.69, 9.17) is 11.6 Å². The molecule has 2 aromatic rings. The normalized spacial score (nSPS) is 10.7. The van der Waals surface area contributed by atoms with Gasteiger partial charge in [0.25, 0.3) is 5.91 Å². The first-order chi connectivity index (χ1) is 12.6. The molecule has 0 fully saturated rings. The van der Waals surface area contributed by atoms with Gasteiger partial charge in [-0.25, -0.2) is 0 Å². The van der Waals surface area contributed by atoms with Crippen LogP contribution in [-0.2, 0) is 13.0 Å². The Balaban J connectivity index is 0.00000364. The summed E-state index contributed by atoms with van der Waals surface area (Å²) in [7, 11) is 1.75. The summed E-state index contributed by atoms with van der Waals surface area (Å²) in [6, 6.07) is 15.4. The first-order valence-electron chi connectivity index (χ1n) is 8.68. The molecular weight excluding hydrogens is 475 g/mol. The smallest absolute Gasteiger partial charge is 0.251 e. The van der Waals surface area contributed by atoms with E-state index in [0.717, 1.165) is 29.5 Å². The number of rotatable bonds is 7. The zero-order valence-electron chi connectivity index (χ0n) is 15.6. The monoisotopic (exact) mass is 500 g/mol. The third-order valence-corrected chi connectivity index (χ3v) is 4.11. The largest absolute Gasteiger partial charge is 0.356 e. The lowest BCUT2D eigenvalue weighted by molar-refractivity contribution is 0.0956. The minimum atomic E-state index is -0.0494. The quantitative estimate of drug-likeness (QED) is 0.309. The van der Waals surface area contributed by atoms with Crippen LogP contribution >= 0.6 is 35.6 Å². The number of benzene rings is 2. The van der Waals surface area contributed by atoms with Gasteiger partial charge in [-0.05, 0) is 48.7 Å². The maximum Gasteiger partial charge on any atom is 0.251 e. The summed E-state index contributed by atoms with van der Waals surface area (Å²) in [6.45, 7) is 3.94. The molecule has 0 saturated heterocycles. The van der Waals surface area contributed by atoms with Crippen LogP contribution in [0.15, 0.2) is 53.5 Å². The lowest BCUT2D eigenvalue weighted by Gasteiger charge is -2.12. The van der Waals surface area contributed by atoms with E-state index in [9.17, 15) is 4.79 Å². The van der Waals surface area contributed by atoms with Gasteiger partial charge in [-0.3, -0.25) is 9.79 Å². The van der Waals surface area contributed by atoms with Crippen molar-refractivity contribution in [2.45, 2.75) is 19.9 Å². The zero-order valence-corrected chi connectivity index (χ0v) is 18.7. The second-order valence-electron chi connectivity index (χ2n) is 5.79. The fourth-order valence-electron chi connectivity index (χ4n) is 2.42. The van der Waals surface area contributed by atoms with E-state index in [1.165, 1.54) is 5.56 Å². The van der Waals surface area contributed by atoms with E-state index in [-0.39, 0.29) is 29.9 Å². The molecule has 2 aromatic carbocycles. The van der Waals surface area contributed by atoms with Crippen molar-refractivity contribution >= 4 is 47.4 Å². The fourth-order valence-corrected chi connectivity index (χ4v) is 2.55. The number of carbonyl (C=O) groups excluding carboxylic acids is 1. The zero-order chi connectivity index (χ0) is 18.8. The molecular formula is C20H26ClIN4O. The maximum atomic E-state index is 11.8. The highest BCUT2D eigenvalue weighted by Crippen LogP contribution is 2.09. The molecule has 0 atom stereocenters. The van der Waals surface area contributed by atoms with Gasteiger partial charge in [0.05, 0.1) is 0 Å². The van der Waals surface area contributed by atoms with Gasteiger partial charge in [0.15, 0.2) is 5.96 Å². The van der Waals surface area contributed by atoms with Crippen LogP contribution in [0.5, 0.6) is 0 Å². The summed E-state index contributed by atoms with van der Waals surface area (Å²) < 4.78 is 0. The Morgan fingerprint density at radius 1 is 0.963 bits per heavy atom. The Labute approximate surface area is 183 Å². The predicted octanol–water partition coefficient (Wildman–Crippen LogP) is 3.62. The molecule has 0 spiro atoms. The molecule has 0 radical (unpaired) electrons. The Hall–Kier alpha value is -1.80. The second kappa shape index (κ2) is 12.6. The molecule has 0 aliphatic carbocycles.